The van der Waals surface area contributed by atoms with Crippen LogP contribution in [0, 0.1) is 5.92 Å². The zero-order chi connectivity index (χ0) is 25.3. The van der Waals surface area contributed by atoms with Crippen molar-refractivity contribution >= 4 is 29.2 Å². The van der Waals surface area contributed by atoms with Crippen LogP contribution in [0.3, 0.4) is 0 Å². The minimum absolute atomic E-state index is 0.161. The van der Waals surface area contributed by atoms with Crippen LogP contribution in [0.25, 0.3) is 0 Å². The zero-order valence-corrected chi connectivity index (χ0v) is 20.3. The van der Waals surface area contributed by atoms with E-state index in [-0.39, 0.29) is 28.8 Å². The number of alkyl halides is 3. The molecule has 34 heavy (non-hydrogen) atoms. The van der Waals surface area contributed by atoms with Gasteiger partial charge in [0.2, 0.25) is 0 Å². The Morgan fingerprint density at radius 1 is 1.26 bits per heavy atom. The number of esters is 1. The van der Waals surface area contributed by atoms with Gasteiger partial charge >= 0.3 is 12.1 Å². The first-order valence-corrected chi connectivity index (χ1v) is 11.4. The monoisotopic (exact) mass is 513 g/mol. The number of carbonyl (C=O) groups excluding carboxylic acids is 1. The number of pyridine rings is 1. The minimum Gasteiger partial charge on any atom is -0.462 e. The van der Waals surface area contributed by atoms with Gasteiger partial charge < -0.3 is 9.84 Å². The van der Waals surface area contributed by atoms with Crippen molar-refractivity contribution in [3.8, 4) is 0 Å². The van der Waals surface area contributed by atoms with Gasteiger partial charge in [0.05, 0.1) is 12.2 Å². The van der Waals surface area contributed by atoms with Crippen molar-refractivity contribution in [3.05, 3.63) is 87.2 Å². The number of hydrogen-bond donors (Lipinski definition) is 1. The third kappa shape index (κ3) is 4.88. The summed E-state index contributed by atoms with van der Waals surface area (Å²) in [5.41, 5.74) is -3.06. The van der Waals surface area contributed by atoms with E-state index in [1.807, 2.05) is 13.0 Å². The lowest BCUT2D eigenvalue weighted by Crippen LogP contribution is -2.48. The number of allylic oxidation sites excluding steroid dienone is 3. The maximum atomic E-state index is 14.2. The van der Waals surface area contributed by atoms with Gasteiger partial charge in [0.25, 0.3) is 0 Å². The molecule has 0 radical (unpaired) electrons. The fraction of sp³-hybridized carbons (Fsp3) is 0.360. The van der Waals surface area contributed by atoms with Gasteiger partial charge in [0.15, 0.2) is 5.60 Å². The topological polar surface area (TPSA) is 59.4 Å². The van der Waals surface area contributed by atoms with Crippen molar-refractivity contribution in [2.45, 2.75) is 44.4 Å². The van der Waals surface area contributed by atoms with Gasteiger partial charge in [-0.15, -0.1) is 0 Å². The smallest absolute Gasteiger partial charge is 0.422 e. The van der Waals surface area contributed by atoms with Crippen molar-refractivity contribution < 1.29 is 27.8 Å². The second kappa shape index (κ2) is 9.72. The van der Waals surface area contributed by atoms with Crippen LogP contribution in [-0.4, -0.2) is 28.8 Å². The van der Waals surface area contributed by atoms with Gasteiger partial charge in [0.1, 0.15) is 5.15 Å². The van der Waals surface area contributed by atoms with Crippen molar-refractivity contribution in [3.63, 3.8) is 0 Å². The highest BCUT2D eigenvalue weighted by Crippen LogP contribution is 2.50. The van der Waals surface area contributed by atoms with Crippen molar-refractivity contribution in [2.24, 2.45) is 5.92 Å². The fourth-order valence-electron chi connectivity index (χ4n) is 4.16. The second-order valence-corrected chi connectivity index (χ2v) is 9.29. The van der Waals surface area contributed by atoms with E-state index in [9.17, 15) is 23.1 Å². The largest absolute Gasteiger partial charge is 0.462 e. The molecule has 1 aliphatic carbocycles. The van der Waals surface area contributed by atoms with Gasteiger partial charge in [-0.05, 0) is 54.3 Å². The summed E-state index contributed by atoms with van der Waals surface area (Å²) in [5.74, 6) is -1.90. The van der Waals surface area contributed by atoms with E-state index in [0.29, 0.717) is 5.56 Å². The predicted molar refractivity (Wildman–Crippen MR) is 125 cm³/mol. The fourth-order valence-corrected chi connectivity index (χ4v) is 4.84. The minimum atomic E-state index is -5.01. The molecule has 1 aromatic heterocycles. The molecular formula is C25H24Cl2F3NO3. The number of aliphatic hydroxyl groups is 1. The number of halogens is 5. The average Bonchev–Trinajstić information content (AvgIpc) is 2.77. The normalized spacial score (nSPS) is 21.2. The SMILES string of the molecule is CCOC(=O)c1cccc(C2(C)C=CC([C@@H](C)[C@@](O)(c3ccnc(Cl)c3)C(F)(F)F)=C(Cl)C2)c1. The molecule has 0 bridgehead atoms. The first-order chi connectivity index (χ1) is 15.8. The maximum absolute atomic E-state index is 14.2. The first kappa shape index (κ1) is 26.3. The number of carbonyl (C=O) groups is 1. The second-order valence-electron chi connectivity index (χ2n) is 8.44. The van der Waals surface area contributed by atoms with E-state index in [4.69, 9.17) is 27.9 Å². The van der Waals surface area contributed by atoms with E-state index >= 15 is 0 Å². The van der Waals surface area contributed by atoms with E-state index in [1.54, 1.807) is 31.2 Å². The van der Waals surface area contributed by atoms with Crippen LogP contribution in [0.5, 0.6) is 0 Å². The predicted octanol–water partition coefficient (Wildman–Crippen LogP) is 6.71. The van der Waals surface area contributed by atoms with Crippen molar-refractivity contribution in [2.75, 3.05) is 6.61 Å². The molecule has 0 saturated carbocycles. The number of ether oxygens (including phenoxy) is 1. The number of rotatable bonds is 6. The molecule has 1 unspecified atom stereocenters. The summed E-state index contributed by atoms with van der Waals surface area (Å²) in [5, 5.41) is 11.0. The van der Waals surface area contributed by atoms with Crippen LogP contribution >= 0.6 is 23.2 Å². The molecule has 3 atom stereocenters. The van der Waals surface area contributed by atoms with Crippen LogP contribution < -0.4 is 0 Å². The number of benzene rings is 1. The summed E-state index contributed by atoms with van der Waals surface area (Å²) in [6.07, 6.45) is -0.467. The number of aromatic nitrogens is 1. The molecule has 1 N–H and O–H groups in total. The molecule has 1 aromatic carbocycles. The Kier molecular flexibility index (Phi) is 7.51. The van der Waals surface area contributed by atoms with Gasteiger partial charge in [-0.25, -0.2) is 9.78 Å². The highest BCUT2D eigenvalue weighted by molar-refractivity contribution is 6.30. The lowest BCUT2D eigenvalue weighted by Gasteiger charge is -2.39. The zero-order valence-electron chi connectivity index (χ0n) is 18.8. The third-order valence-electron chi connectivity index (χ3n) is 6.19. The molecule has 4 nitrogen and oxygen atoms in total. The summed E-state index contributed by atoms with van der Waals surface area (Å²) < 4.78 is 47.7. The summed E-state index contributed by atoms with van der Waals surface area (Å²) in [4.78, 5) is 15.8. The lowest BCUT2D eigenvalue weighted by atomic mass is 9.71. The molecular weight excluding hydrogens is 490 g/mol. The summed E-state index contributed by atoms with van der Waals surface area (Å²) in [7, 11) is 0. The molecule has 1 aliphatic rings. The molecule has 9 heteroatoms. The standard InChI is InChI=1S/C25H24Cl2F3NO3/c1-4-34-22(32)16-6-5-7-17(12-16)23(3)10-8-19(20(26)14-23)15(2)24(33,25(28,29)30)18-9-11-31-21(27)13-18/h5-13,15,33H,4,14H2,1-3H3/t15-,23?,24-/m1/s1. The highest BCUT2D eigenvalue weighted by atomic mass is 35.5. The molecule has 3 rings (SSSR count). The van der Waals surface area contributed by atoms with Crippen LogP contribution in [0.1, 0.15) is 48.7 Å². The van der Waals surface area contributed by atoms with Gasteiger partial charge in [-0.2, -0.15) is 13.2 Å². The molecule has 1 heterocycles. The van der Waals surface area contributed by atoms with E-state index in [1.165, 1.54) is 13.0 Å². The molecule has 0 fully saturated rings. The first-order valence-electron chi connectivity index (χ1n) is 10.6. The third-order valence-corrected chi connectivity index (χ3v) is 6.75. The van der Waals surface area contributed by atoms with E-state index in [2.05, 4.69) is 4.98 Å². The van der Waals surface area contributed by atoms with Crippen LogP contribution in [0.2, 0.25) is 5.15 Å². The van der Waals surface area contributed by atoms with Crippen LogP contribution in [0.4, 0.5) is 13.2 Å². The Balaban J connectivity index is 1.98. The van der Waals surface area contributed by atoms with Crippen molar-refractivity contribution in [1.29, 1.82) is 0 Å². The molecule has 182 valence electrons. The Hall–Kier alpha value is -2.35. The van der Waals surface area contributed by atoms with Gasteiger partial charge in [0, 0.05) is 22.6 Å². The number of hydrogen-bond acceptors (Lipinski definition) is 4. The Morgan fingerprint density at radius 3 is 2.56 bits per heavy atom. The Labute approximate surface area is 206 Å². The van der Waals surface area contributed by atoms with E-state index < -0.39 is 34.6 Å². The van der Waals surface area contributed by atoms with Crippen molar-refractivity contribution in [1.82, 2.24) is 4.98 Å². The lowest BCUT2D eigenvalue weighted by molar-refractivity contribution is -0.280. The highest BCUT2D eigenvalue weighted by Gasteiger charge is 2.59. The Morgan fingerprint density at radius 2 is 1.97 bits per heavy atom. The summed E-state index contributed by atoms with van der Waals surface area (Å²) in [6.45, 7) is 5.09. The quantitative estimate of drug-likeness (QED) is 0.344. The van der Waals surface area contributed by atoms with Gasteiger partial charge in [-0.1, -0.05) is 61.3 Å². The molecule has 0 aliphatic heterocycles. The number of nitrogens with zero attached hydrogens (tertiary/aromatic N) is 1. The molecule has 0 amide bonds. The molecule has 0 saturated heterocycles. The molecule has 2 aromatic rings. The van der Waals surface area contributed by atoms with Crippen LogP contribution in [-0.2, 0) is 15.8 Å². The average molecular weight is 514 g/mol. The molecule has 0 spiro atoms. The summed E-state index contributed by atoms with van der Waals surface area (Å²) in [6, 6.07) is 8.93. The van der Waals surface area contributed by atoms with Gasteiger partial charge in [-0.3, -0.25) is 0 Å². The Bertz CT molecular complexity index is 1150. The van der Waals surface area contributed by atoms with Crippen LogP contribution in [0.15, 0.2) is 65.4 Å². The summed E-state index contributed by atoms with van der Waals surface area (Å²) >= 11 is 12.4. The van der Waals surface area contributed by atoms with E-state index in [0.717, 1.165) is 23.9 Å². The maximum Gasteiger partial charge on any atom is 0.422 e.